The highest BCUT2D eigenvalue weighted by Crippen LogP contribution is 2.26. The van der Waals surface area contributed by atoms with Crippen LogP contribution in [0.4, 0.5) is 0 Å². The molecule has 0 aliphatic rings. The molecule has 0 unspecified atom stereocenters. The number of tetrazole rings is 1. The summed E-state index contributed by atoms with van der Waals surface area (Å²) in [5.41, 5.74) is 3.69. The van der Waals surface area contributed by atoms with Gasteiger partial charge in [-0.05, 0) is 65.1 Å². The summed E-state index contributed by atoms with van der Waals surface area (Å²) < 4.78 is 8.52. The maximum atomic E-state index is 12.5. The lowest BCUT2D eigenvalue weighted by molar-refractivity contribution is 0.0939. The SMILES string of the molecule is Cc1cc(C(=O)CC(C)(C)C)ccc1OCc1c(C)cccc1-n1nnn(C)c1=O. The number of aryl methyl sites for hydroxylation is 3. The standard InChI is InChI=1S/C23H28N4O3/c1-15-8-7-9-19(27-22(29)26(6)24-25-27)18(15)14-30-21-11-10-17(12-16(21)2)20(28)13-23(3,4)5/h7-12H,13-14H2,1-6H3. The van der Waals surface area contributed by atoms with Gasteiger partial charge < -0.3 is 4.74 Å². The van der Waals surface area contributed by atoms with Crippen molar-refractivity contribution in [3.8, 4) is 11.4 Å². The van der Waals surface area contributed by atoms with Crippen LogP contribution in [0.1, 0.15) is 54.2 Å². The summed E-state index contributed by atoms with van der Waals surface area (Å²) in [5.74, 6) is 0.823. The van der Waals surface area contributed by atoms with Crippen LogP contribution in [0.3, 0.4) is 0 Å². The summed E-state index contributed by atoms with van der Waals surface area (Å²) in [7, 11) is 1.56. The first-order valence-corrected chi connectivity index (χ1v) is 9.91. The Bertz CT molecular complexity index is 1140. The Hall–Kier alpha value is -3.22. The van der Waals surface area contributed by atoms with Gasteiger partial charge in [-0.2, -0.15) is 9.36 Å². The van der Waals surface area contributed by atoms with Crippen LogP contribution in [0.5, 0.6) is 5.75 Å². The Morgan fingerprint density at radius 3 is 2.40 bits per heavy atom. The van der Waals surface area contributed by atoms with Gasteiger partial charge in [-0.3, -0.25) is 4.79 Å². The summed E-state index contributed by atoms with van der Waals surface area (Å²) in [6.45, 7) is 10.3. The highest BCUT2D eigenvalue weighted by Gasteiger charge is 2.18. The Balaban J connectivity index is 1.84. The summed E-state index contributed by atoms with van der Waals surface area (Å²) in [6, 6.07) is 11.2. The number of nitrogens with zero attached hydrogens (tertiary/aromatic N) is 4. The minimum Gasteiger partial charge on any atom is -0.489 e. The van der Waals surface area contributed by atoms with Crippen LogP contribution in [0, 0.1) is 19.3 Å². The van der Waals surface area contributed by atoms with Gasteiger partial charge in [0.1, 0.15) is 12.4 Å². The number of hydrogen-bond donors (Lipinski definition) is 0. The van der Waals surface area contributed by atoms with Gasteiger partial charge in [0, 0.05) is 24.6 Å². The zero-order valence-corrected chi connectivity index (χ0v) is 18.4. The van der Waals surface area contributed by atoms with Gasteiger partial charge in [-0.1, -0.05) is 32.9 Å². The largest absolute Gasteiger partial charge is 0.489 e. The predicted octanol–water partition coefficient (Wildman–Crippen LogP) is 3.78. The van der Waals surface area contributed by atoms with Crippen molar-refractivity contribution >= 4 is 5.78 Å². The van der Waals surface area contributed by atoms with E-state index < -0.39 is 0 Å². The summed E-state index contributed by atoms with van der Waals surface area (Å²) >= 11 is 0. The highest BCUT2D eigenvalue weighted by atomic mass is 16.5. The number of benzene rings is 2. The van der Waals surface area contributed by atoms with Crippen molar-refractivity contribution in [2.75, 3.05) is 0 Å². The first kappa shape index (κ1) is 21.5. The van der Waals surface area contributed by atoms with E-state index in [-0.39, 0.29) is 23.5 Å². The second-order valence-corrected chi connectivity index (χ2v) is 8.80. The highest BCUT2D eigenvalue weighted by molar-refractivity contribution is 5.96. The zero-order chi connectivity index (χ0) is 22.1. The number of aromatic nitrogens is 4. The lowest BCUT2D eigenvalue weighted by Gasteiger charge is -2.18. The number of ether oxygens (including phenoxy) is 1. The predicted molar refractivity (Wildman–Crippen MR) is 115 cm³/mol. The van der Waals surface area contributed by atoms with Crippen molar-refractivity contribution in [2.24, 2.45) is 12.5 Å². The second kappa shape index (κ2) is 8.26. The van der Waals surface area contributed by atoms with Gasteiger partial charge in [-0.25, -0.2) is 4.79 Å². The summed E-state index contributed by atoms with van der Waals surface area (Å²) in [4.78, 5) is 24.8. The van der Waals surface area contributed by atoms with Crippen LogP contribution in [-0.2, 0) is 13.7 Å². The van der Waals surface area contributed by atoms with Crippen molar-refractivity contribution in [1.82, 2.24) is 19.8 Å². The molecule has 0 aliphatic heterocycles. The molecular formula is C23H28N4O3. The van der Waals surface area contributed by atoms with Crippen molar-refractivity contribution in [2.45, 2.75) is 47.6 Å². The molecule has 0 saturated heterocycles. The Morgan fingerprint density at radius 1 is 1.07 bits per heavy atom. The third kappa shape index (κ3) is 4.67. The van der Waals surface area contributed by atoms with Crippen LogP contribution >= 0.6 is 0 Å². The van der Waals surface area contributed by atoms with E-state index in [9.17, 15) is 9.59 Å². The minimum absolute atomic E-state index is 0.0557. The van der Waals surface area contributed by atoms with E-state index in [4.69, 9.17) is 4.74 Å². The average molecular weight is 409 g/mol. The van der Waals surface area contributed by atoms with Crippen LogP contribution in [-0.4, -0.2) is 25.6 Å². The number of Topliss-reactive ketones (excluding diaryl/α,β-unsaturated/α-hetero) is 1. The van der Waals surface area contributed by atoms with E-state index in [0.717, 1.165) is 16.7 Å². The molecule has 3 aromatic rings. The van der Waals surface area contributed by atoms with E-state index in [1.807, 2.05) is 50.2 Å². The van der Waals surface area contributed by atoms with Crippen molar-refractivity contribution in [3.05, 3.63) is 69.1 Å². The third-order valence-corrected chi connectivity index (χ3v) is 4.90. The molecule has 3 rings (SSSR count). The van der Waals surface area contributed by atoms with Crippen molar-refractivity contribution in [3.63, 3.8) is 0 Å². The summed E-state index contributed by atoms with van der Waals surface area (Å²) in [5, 5.41) is 7.74. The third-order valence-electron chi connectivity index (χ3n) is 4.90. The molecule has 7 heteroatoms. The Kier molecular flexibility index (Phi) is 5.92. The van der Waals surface area contributed by atoms with Crippen molar-refractivity contribution in [1.29, 1.82) is 0 Å². The van der Waals surface area contributed by atoms with Crippen LogP contribution in [0.2, 0.25) is 0 Å². The molecule has 0 amide bonds. The van der Waals surface area contributed by atoms with E-state index in [0.29, 0.717) is 23.4 Å². The van der Waals surface area contributed by atoms with Gasteiger partial charge in [-0.15, -0.1) is 0 Å². The molecule has 1 aromatic heterocycles. The van der Waals surface area contributed by atoms with Gasteiger partial charge >= 0.3 is 5.69 Å². The van der Waals surface area contributed by atoms with Gasteiger partial charge in [0.2, 0.25) is 0 Å². The summed E-state index contributed by atoms with van der Waals surface area (Å²) in [6.07, 6.45) is 0.492. The molecule has 0 atom stereocenters. The van der Waals surface area contributed by atoms with Crippen LogP contribution < -0.4 is 10.4 Å². The molecule has 1 heterocycles. The quantitative estimate of drug-likeness (QED) is 0.580. The molecule has 0 bridgehead atoms. The topological polar surface area (TPSA) is 79.0 Å². The zero-order valence-electron chi connectivity index (χ0n) is 18.4. The Morgan fingerprint density at radius 2 is 1.80 bits per heavy atom. The van der Waals surface area contributed by atoms with Crippen molar-refractivity contribution < 1.29 is 9.53 Å². The average Bonchev–Trinajstić information content (AvgIpc) is 2.99. The van der Waals surface area contributed by atoms with E-state index in [1.54, 1.807) is 7.05 Å². The van der Waals surface area contributed by atoms with Gasteiger partial charge in [0.25, 0.3) is 0 Å². The number of rotatable bonds is 6. The van der Waals surface area contributed by atoms with E-state index >= 15 is 0 Å². The van der Waals surface area contributed by atoms with E-state index in [2.05, 4.69) is 31.2 Å². The molecular weight excluding hydrogens is 380 g/mol. The lowest BCUT2D eigenvalue weighted by atomic mass is 9.87. The maximum Gasteiger partial charge on any atom is 0.368 e. The molecule has 0 N–H and O–H groups in total. The number of carbonyl (C=O) groups is 1. The fourth-order valence-corrected chi connectivity index (χ4v) is 3.26. The first-order chi connectivity index (χ1) is 14.1. The fourth-order valence-electron chi connectivity index (χ4n) is 3.26. The Labute approximate surface area is 176 Å². The molecule has 0 aliphatic carbocycles. The van der Waals surface area contributed by atoms with E-state index in [1.165, 1.54) is 9.36 Å². The number of carbonyl (C=O) groups excluding carboxylic acids is 1. The number of ketones is 1. The molecule has 7 nitrogen and oxygen atoms in total. The molecule has 0 saturated carbocycles. The molecule has 158 valence electrons. The van der Waals surface area contributed by atoms with Gasteiger partial charge in [0.15, 0.2) is 5.78 Å². The minimum atomic E-state index is -0.320. The molecule has 30 heavy (non-hydrogen) atoms. The molecule has 0 fully saturated rings. The normalized spacial score (nSPS) is 11.5. The lowest BCUT2D eigenvalue weighted by Crippen LogP contribution is -2.23. The monoisotopic (exact) mass is 408 g/mol. The fraction of sp³-hybridized carbons (Fsp3) is 0.391. The van der Waals surface area contributed by atoms with Crippen LogP contribution in [0.25, 0.3) is 5.69 Å². The maximum absolute atomic E-state index is 12.5. The van der Waals surface area contributed by atoms with Gasteiger partial charge in [0.05, 0.1) is 5.69 Å². The number of hydrogen-bond acceptors (Lipinski definition) is 5. The molecule has 0 radical (unpaired) electrons. The smallest absolute Gasteiger partial charge is 0.368 e. The first-order valence-electron chi connectivity index (χ1n) is 9.91. The van der Waals surface area contributed by atoms with Crippen LogP contribution in [0.15, 0.2) is 41.2 Å². The molecule has 0 spiro atoms. The molecule has 2 aromatic carbocycles. The second-order valence-electron chi connectivity index (χ2n) is 8.80.